The van der Waals surface area contributed by atoms with Crippen molar-refractivity contribution < 1.29 is 9.13 Å². The van der Waals surface area contributed by atoms with Crippen molar-refractivity contribution in [3.05, 3.63) is 42.5 Å². The summed E-state index contributed by atoms with van der Waals surface area (Å²) in [5.41, 5.74) is 0. The van der Waals surface area contributed by atoms with E-state index >= 15 is 0 Å². The number of aromatic nitrogens is 2. The maximum atomic E-state index is 13.4. The van der Waals surface area contributed by atoms with E-state index in [9.17, 15) is 4.39 Å². The van der Waals surface area contributed by atoms with Crippen LogP contribution in [0.2, 0.25) is 0 Å². The first-order valence-electron chi connectivity index (χ1n) is 5.81. The Bertz CT molecular complexity index is 512. The minimum absolute atomic E-state index is 0.207. The van der Waals surface area contributed by atoms with Crippen LogP contribution in [0, 0.1) is 5.82 Å². The van der Waals surface area contributed by atoms with Gasteiger partial charge in [-0.05, 0) is 26.1 Å². The summed E-state index contributed by atoms with van der Waals surface area (Å²) >= 11 is 0. The van der Waals surface area contributed by atoms with Gasteiger partial charge in [0, 0.05) is 6.04 Å². The van der Waals surface area contributed by atoms with Gasteiger partial charge >= 0.3 is 0 Å². The van der Waals surface area contributed by atoms with E-state index in [4.69, 9.17) is 4.74 Å². The Balaban J connectivity index is 2.05. The lowest BCUT2D eigenvalue weighted by Gasteiger charge is -2.09. The van der Waals surface area contributed by atoms with Crippen molar-refractivity contribution in [2.24, 2.45) is 0 Å². The van der Waals surface area contributed by atoms with E-state index < -0.39 is 0 Å². The lowest BCUT2D eigenvalue weighted by molar-refractivity contribution is 0.439. The summed E-state index contributed by atoms with van der Waals surface area (Å²) < 4.78 is 20.6. The van der Waals surface area contributed by atoms with Crippen molar-refractivity contribution in [1.82, 2.24) is 15.1 Å². The highest BCUT2D eigenvalue weighted by atomic mass is 19.1. The molecule has 0 fully saturated rings. The molecule has 4 nitrogen and oxygen atoms in total. The largest absolute Gasteiger partial charge is 0.451 e. The molecule has 0 saturated heterocycles. The summed E-state index contributed by atoms with van der Waals surface area (Å²) in [6.07, 6.45) is 3.33. The van der Waals surface area contributed by atoms with Gasteiger partial charge in [0.1, 0.15) is 0 Å². The number of nitrogens with one attached hydrogen (secondary N) is 1. The molecule has 0 saturated carbocycles. The third kappa shape index (κ3) is 3.07. The van der Waals surface area contributed by atoms with Crippen LogP contribution in [-0.4, -0.2) is 22.9 Å². The smallest absolute Gasteiger partial charge is 0.165 e. The molecule has 0 bridgehead atoms. The van der Waals surface area contributed by atoms with Gasteiger partial charge in [-0.25, -0.2) is 4.39 Å². The molecule has 1 N–H and O–H groups in total. The van der Waals surface area contributed by atoms with Crippen LogP contribution in [0.4, 0.5) is 4.39 Å². The van der Waals surface area contributed by atoms with Gasteiger partial charge in [0.05, 0.1) is 18.9 Å². The van der Waals surface area contributed by atoms with Crippen LogP contribution < -0.4 is 10.1 Å². The average Bonchev–Trinajstić information content (AvgIpc) is 2.79. The summed E-state index contributed by atoms with van der Waals surface area (Å²) in [5.74, 6) is 0.357. The van der Waals surface area contributed by atoms with Crippen LogP contribution in [0.1, 0.15) is 6.92 Å². The van der Waals surface area contributed by atoms with Crippen molar-refractivity contribution in [1.29, 1.82) is 0 Å². The number of para-hydroxylation sites is 1. The molecule has 2 rings (SSSR count). The number of halogens is 1. The quantitative estimate of drug-likeness (QED) is 0.884. The van der Waals surface area contributed by atoms with E-state index in [-0.39, 0.29) is 11.6 Å². The second kappa shape index (κ2) is 5.64. The first-order valence-corrected chi connectivity index (χ1v) is 5.81. The zero-order chi connectivity index (χ0) is 13.0. The van der Waals surface area contributed by atoms with Crippen LogP contribution in [0.5, 0.6) is 11.5 Å². The molecule has 0 amide bonds. The molecule has 1 unspecified atom stereocenters. The zero-order valence-corrected chi connectivity index (χ0v) is 10.4. The van der Waals surface area contributed by atoms with Gasteiger partial charge < -0.3 is 10.1 Å². The van der Waals surface area contributed by atoms with Gasteiger partial charge in [-0.15, -0.1) is 0 Å². The number of likely N-dealkylation sites (N-methyl/N-ethyl adjacent to an activating group) is 1. The maximum absolute atomic E-state index is 13.4. The molecule has 0 aliphatic heterocycles. The molecule has 2 aromatic rings. The molecule has 1 aromatic heterocycles. The summed E-state index contributed by atoms with van der Waals surface area (Å²) in [5, 5.41) is 7.28. The highest BCUT2D eigenvalue weighted by Crippen LogP contribution is 2.23. The SMILES string of the molecule is CNC(C)Cn1cc(Oc2ccccc2F)cn1. The predicted molar refractivity (Wildman–Crippen MR) is 67.2 cm³/mol. The van der Waals surface area contributed by atoms with E-state index in [0.29, 0.717) is 11.8 Å². The van der Waals surface area contributed by atoms with Crippen molar-refractivity contribution >= 4 is 0 Å². The molecule has 1 atom stereocenters. The minimum atomic E-state index is -0.381. The van der Waals surface area contributed by atoms with Gasteiger partial charge in [-0.3, -0.25) is 4.68 Å². The van der Waals surface area contributed by atoms with Crippen LogP contribution in [0.15, 0.2) is 36.7 Å². The molecule has 0 aliphatic rings. The molecule has 96 valence electrons. The van der Waals surface area contributed by atoms with E-state index in [2.05, 4.69) is 17.3 Å². The second-order valence-corrected chi connectivity index (χ2v) is 4.12. The van der Waals surface area contributed by atoms with E-state index in [1.165, 1.54) is 6.07 Å². The first kappa shape index (κ1) is 12.6. The summed E-state index contributed by atoms with van der Waals surface area (Å²) in [7, 11) is 1.89. The Morgan fingerprint density at radius 2 is 2.22 bits per heavy atom. The summed E-state index contributed by atoms with van der Waals surface area (Å²) in [6, 6.07) is 6.61. The number of nitrogens with zero attached hydrogens (tertiary/aromatic N) is 2. The monoisotopic (exact) mass is 249 g/mol. The molecule has 1 aromatic carbocycles. The second-order valence-electron chi connectivity index (χ2n) is 4.12. The number of hydrogen-bond donors (Lipinski definition) is 1. The third-order valence-corrected chi connectivity index (χ3v) is 2.63. The summed E-state index contributed by atoms with van der Waals surface area (Å²) in [4.78, 5) is 0. The highest BCUT2D eigenvalue weighted by molar-refractivity contribution is 5.29. The van der Waals surface area contributed by atoms with Crippen LogP contribution in [0.25, 0.3) is 0 Å². The molecule has 5 heteroatoms. The summed E-state index contributed by atoms with van der Waals surface area (Å²) in [6.45, 7) is 2.79. The molecule has 18 heavy (non-hydrogen) atoms. The predicted octanol–water partition coefficient (Wildman–Crippen LogP) is 2.42. The van der Waals surface area contributed by atoms with Crippen LogP contribution >= 0.6 is 0 Å². The standard InChI is InChI=1S/C13H16FN3O/c1-10(15-2)8-17-9-11(7-16-17)18-13-6-4-3-5-12(13)14/h3-7,9-10,15H,8H2,1-2H3. The molecule has 0 spiro atoms. The Labute approximate surface area is 105 Å². The molecular formula is C13H16FN3O. The van der Waals surface area contributed by atoms with E-state index in [0.717, 1.165) is 6.54 Å². The molecule has 0 radical (unpaired) electrons. The Morgan fingerprint density at radius 1 is 1.44 bits per heavy atom. The zero-order valence-electron chi connectivity index (χ0n) is 10.4. The van der Waals surface area contributed by atoms with Gasteiger partial charge in [0.2, 0.25) is 0 Å². The lowest BCUT2D eigenvalue weighted by atomic mass is 10.3. The maximum Gasteiger partial charge on any atom is 0.165 e. The Kier molecular flexibility index (Phi) is 3.94. The number of ether oxygens (including phenoxy) is 1. The van der Waals surface area contributed by atoms with Crippen molar-refractivity contribution in [3.63, 3.8) is 0 Å². The van der Waals surface area contributed by atoms with E-state index in [1.807, 2.05) is 7.05 Å². The van der Waals surface area contributed by atoms with Crippen molar-refractivity contribution in [2.45, 2.75) is 19.5 Å². The number of hydrogen-bond acceptors (Lipinski definition) is 3. The van der Waals surface area contributed by atoms with Gasteiger partial charge in [-0.2, -0.15) is 5.10 Å². The topological polar surface area (TPSA) is 39.1 Å². The fourth-order valence-electron chi connectivity index (χ4n) is 1.52. The minimum Gasteiger partial charge on any atom is -0.451 e. The molecular weight excluding hydrogens is 233 g/mol. The number of rotatable bonds is 5. The molecule has 0 aliphatic carbocycles. The first-order chi connectivity index (χ1) is 8.69. The third-order valence-electron chi connectivity index (χ3n) is 2.63. The highest BCUT2D eigenvalue weighted by Gasteiger charge is 2.06. The van der Waals surface area contributed by atoms with Gasteiger partial charge in [0.15, 0.2) is 17.3 Å². The normalized spacial score (nSPS) is 12.4. The van der Waals surface area contributed by atoms with Crippen LogP contribution in [0.3, 0.4) is 0 Å². The number of benzene rings is 1. The van der Waals surface area contributed by atoms with Crippen molar-refractivity contribution in [2.75, 3.05) is 7.05 Å². The van der Waals surface area contributed by atoms with Gasteiger partial charge in [0.25, 0.3) is 0 Å². The Hall–Kier alpha value is -1.88. The van der Waals surface area contributed by atoms with E-state index in [1.54, 1.807) is 35.3 Å². The fourth-order valence-corrected chi connectivity index (χ4v) is 1.52. The van der Waals surface area contributed by atoms with Gasteiger partial charge in [-0.1, -0.05) is 12.1 Å². The van der Waals surface area contributed by atoms with Crippen molar-refractivity contribution in [3.8, 4) is 11.5 Å². The Morgan fingerprint density at radius 3 is 2.94 bits per heavy atom. The lowest BCUT2D eigenvalue weighted by Crippen LogP contribution is -2.26. The van der Waals surface area contributed by atoms with Crippen LogP contribution in [-0.2, 0) is 6.54 Å². The molecule has 1 heterocycles. The fraction of sp³-hybridized carbons (Fsp3) is 0.308. The average molecular weight is 249 g/mol.